The number of aliphatic imine (C=N–C) groups is 1. The molecule has 5 rings (SSSR count). The molecule has 6 nitrogen and oxygen atoms in total. The molecule has 1 fully saturated rings. The Bertz CT molecular complexity index is 1290. The molecule has 6 heteroatoms. The van der Waals surface area contributed by atoms with Crippen molar-refractivity contribution in [3.8, 4) is 17.2 Å². The molecule has 0 aliphatic carbocycles. The lowest BCUT2D eigenvalue weighted by Crippen LogP contribution is -2.33. The molecular formula is C26H25N3O3. The Morgan fingerprint density at radius 3 is 2.66 bits per heavy atom. The van der Waals surface area contributed by atoms with Crippen LogP contribution < -0.4 is 0 Å². The smallest absolute Gasteiger partial charge is 0.335 e. The van der Waals surface area contributed by atoms with Crippen molar-refractivity contribution >= 4 is 23.1 Å². The van der Waals surface area contributed by atoms with Gasteiger partial charge in [0.15, 0.2) is 0 Å². The number of nitriles is 1. The van der Waals surface area contributed by atoms with Crippen LogP contribution in [-0.2, 0) is 23.2 Å². The van der Waals surface area contributed by atoms with Gasteiger partial charge < -0.3 is 14.4 Å². The first-order valence-electron chi connectivity index (χ1n) is 10.9. The lowest BCUT2D eigenvalue weighted by molar-refractivity contribution is -0.0393. The molecule has 3 aromatic rings. The Morgan fingerprint density at radius 1 is 1.28 bits per heavy atom. The summed E-state index contributed by atoms with van der Waals surface area (Å²) in [5.74, 6) is -0.504. The van der Waals surface area contributed by atoms with Crippen molar-refractivity contribution in [2.24, 2.45) is 10.9 Å². The van der Waals surface area contributed by atoms with E-state index in [2.05, 4.69) is 41.6 Å². The fraction of sp³-hybridized carbons (Fsp3) is 0.346. The van der Waals surface area contributed by atoms with Gasteiger partial charge in [0.25, 0.3) is 0 Å². The Morgan fingerprint density at radius 2 is 2.03 bits per heavy atom. The monoisotopic (exact) mass is 427 g/mol. The second-order valence-electron chi connectivity index (χ2n) is 9.38. The lowest BCUT2D eigenvalue weighted by atomic mass is 9.81. The third kappa shape index (κ3) is 3.30. The molecule has 0 spiro atoms. The molecule has 32 heavy (non-hydrogen) atoms. The number of hydrogen-bond acceptors (Lipinski definition) is 4. The molecular weight excluding hydrogens is 402 g/mol. The van der Waals surface area contributed by atoms with E-state index in [1.54, 1.807) is 12.1 Å². The summed E-state index contributed by atoms with van der Waals surface area (Å²) in [5, 5.41) is 20.1. The van der Waals surface area contributed by atoms with Gasteiger partial charge in [0.05, 0.1) is 31.4 Å². The molecule has 0 radical (unpaired) electrons. The van der Waals surface area contributed by atoms with E-state index in [4.69, 9.17) is 4.74 Å². The molecule has 0 saturated carbocycles. The third-order valence-electron chi connectivity index (χ3n) is 6.55. The number of carboxylic acids is 1. The summed E-state index contributed by atoms with van der Waals surface area (Å²) in [7, 11) is 0. The third-order valence-corrected chi connectivity index (χ3v) is 6.55. The van der Waals surface area contributed by atoms with E-state index in [1.165, 1.54) is 5.56 Å². The number of nitrogens with zero attached hydrogens (tertiary/aromatic N) is 3. The van der Waals surface area contributed by atoms with E-state index in [0.29, 0.717) is 18.9 Å². The Labute approximate surface area is 186 Å². The van der Waals surface area contributed by atoms with Gasteiger partial charge in [-0.2, -0.15) is 5.26 Å². The van der Waals surface area contributed by atoms with Gasteiger partial charge in [-0.05, 0) is 41.0 Å². The zero-order chi connectivity index (χ0) is 22.5. The quantitative estimate of drug-likeness (QED) is 0.613. The van der Waals surface area contributed by atoms with Gasteiger partial charge in [0.1, 0.15) is 0 Å². The standard InChI is InChI=1S/C26H25N3O3/c1-26(2,7-8-27)24-23(17-3-5-18(6-4-17)25(30)31)21-9-19-11-28-12-20(19)10-22(21)29(24)13-16-14-32-15-16/h3-6,9-10,12,16H,7,11,13-15H2,1-2H3,(H,30,31). The largest absolute Gasteiger partial charge is 0.478 e. The lowest BCUT2D eigenvalue weighted by Gasteiger charge is -2.31. The number of carbonyl (C=O) groups is 1. The Balaban J connectivity index is 1.82. The fourth-order valence-electron chi connectivity index (χ4n) is 4.85. The zero-order valence-corrected chi connectivity index (χ0v) is 18.3. The predicted molar refractivity (Wildman–Crippen MR) is 123 cm³/mol. The fourth-order valence-corrected chi connectivity index (χ4v) is 4.85. The number of carboxylic acid groups (broad SMARTS) is 1. The van der Waals surface area contributed by atoms with E-state index in [1.807, 2.05) is 18.3 Å². The molecule has 2 aliphatic heterocycles. The first-order valence-corrected chi connectivity index (χ1v) is 10.9. The first kappa shape index (κ1) is 20.5. The zero-order valence-electron chi connectivity index (χ0n) is 18.3. The summed E-state index contributed by atoms with van der Waals surface area (Å²) in [5.41, 5.74) is 6.48. The van der Waals surface area contributed by atoms with Crippen LogP contribution in [0.1, 0.15) is 47.4 Å². The summed E-state index contributed by atoms with van der Waals surface area (Å²) < 4.78 is 7.82. The van der Waals surface area contributed by atoms with Crippen LogP contribution in [0.3, 0.4) is 0 Å². The first-order chi connectivity index (χ1) is 15.4. The van der Waals surface area contributed by atoms with Crippen molar-refractivity contribution in [1.29, 1.82) is 5.26 Å². The van der Waals surface area contributed by atoms with Crippen LogP contribution in [0.4, 0.5) is 0 Å². The summed E-state index contributed by atoms with van der Waals surface area (Å²) in [6, 6.07) is 13.9. The number of fused-ring (bicyclic) bond motifs is 2. The molecule has 1 N–H and O–H groups in total. The summed E-state index contributed by atoms with van der Waals surface area (Å²) in [6.07, 6.45) is 2.31. The van der Waals surface area contributed by atoms with Crippen molar-refractivity contribution in [3.63, 3.8) is 0 Å². The van der Waals surface area contributed by atoms with Crippen molar-refractivity contribution < 1.29 is 14.6 Å². The van der Waals surface area contributed by atoms with Crippen molar-refractivity contribution in [2.75, 3.05) is 13.2 Å². The Kier molecular flexibility index (Phi) is 4.87. The van der Waals surface area contributed by atoms with Crippen LogP contribution >= 0.6 is 0 Å². The average Bonchev–Trinajstić information content (AvgIpc) is 3.31. The van der Waals surface area contributed by atoms with Gasteiger partial charge in [-0.25, -0.2) is 4.79 Å². The number of aromatic carboxylic acids is 1. The molecule has 0 bridgehead atoms. The van der Waals surface area contributed by atoms with Crippen molar-refractivity contribution in [3.05, 3.63) is 58.8 Å². The van der Waals surface area contributed by atoms with Gasteiger partial charge in [-0.3, -0.25) is 4.99 Å². The molecule has 0 unspecified atom stereocenters. The molecule has 2 aromatic carbocycles. The summed E-state index contributed by atoms with van der Waals surface area (Å²) in [4.78, 5) is 15.8. The van der Waals surface area contributed by atoms with Crippen LogP contribution in [0.2, 0.25) is 0 Å². The summed E-state index contributed by atoms with van der Waals surface area (Å²) >= 11 is 0. The highest BCUT2D eigenvalue weighted by molar-refractivity contribution is 6.03. The van der Waals surface area contributed by atoms with Crippen LogP contribution in [0.25, 0.3) is 22.0 Å². The average molecular weight is 428 g/mol. The predicted octanol–water partition coefficient (Wildman–Crippen LogP) is 4.78. The van der Waals surface area contributed by atoms with Crippen molar-refractivity contribution in [1.82, 2.24) is 4.57 Å². The molecule has 3 heterocycles. The van der Waals surface area contributed by atoms with Crippen LogP contribution in [-0.4, -0.2) is 35.1 Å². The minimum atomic E-state index is -0.941. The van der Waals surface area contributed by atoms with Crippen LogP contribution in [0.15, 0.2) is 41.4 Å². The van der Waals surface area contributed by atoms with Gasteiger partial charge >= 0.3 is 5.97 Å². The Hall–Kier alpha value is -3.43. The highest BCUT2D eigenvalue weighted by atomic mass is 16.5. The number of rotatable bonds is 6. The SMILES string of the molecule is CC(C)(CC#N)c1c(-c2ccc(C(=O)O)cc2)c2cc3c(cc2n1CC1COC1)C=NC3. The van der Waals surface area contributed by atoms with E-state index in [9.17, 15) is 15.2 Å². The maximum absolute atomic E-state index is 11.4. The van der Waals surface area contributed by atoms with Gasteiger partial charge in [-0.1, -0.05) is 26.0 Å². The second-order valence-corrected chi connectivity index (χ2v) is 9.38. The van der Waals surface area contributed by atoms with Gasteiger partial charge in [0.2, 0.25) is 0 Å². The van der Waals surface area contributed by atoms with Crippen LogP contribution in [0.5, 0.6) is 0 Å². The van der Waals surface area contributed by atoms with Crippen molar-refractivity contribution in [2.45, 2.75) is 38.8 Å². The molecule has 1 saturated heterocycles. The number of aromatic nitrogens is 1. The normalized spacial score (nSPS) is 15.5. The topological polar surface area (TPSA) is 87.6 Å². The molecule has 0 atom stereocenters. The summed E-state index contributed by atoms with van der Waals surface area (Å²) in [6.45, 7) is 7.20. The van der Waals surface area contributed by atoms with E-state index in [-0.39, 0.29) is 5.56 Å². The number of benzene rings is 2. The minimum absolute atomic E-state index is 0.260. The van der Waals surface area contributed by atoms with E-state index >= 15 is 0 Å². The second kappa shape index (κ2) is 7.61. The molecule has 1 aromatic heterocycles. The van der Waals surface area contributed by atoms with E-state index < -0.39 is 11.4 Å². The molecule has 2 aliphatic rings. The molecule has 162 valence electrons. The number of hydrogen-bond donors (Lipinski definition) is 1. The molecule has 0 amide bonds. The number of ether oxygens (including phenoxy) is 1. The highest BCUT2D eigenvalue weighted by Gasteiger charge is 2.33. The van der Waals surface area contributed by atoms with E-state index in [0.717, 1.165) is 53.0 Å². The maximum atomic E-state index is 11.4. The maximum Gasteiger partial charge on any atom is 0.335 e. The van der Waals surface area contributed by atoms with Gasteiger partial charge in [-0.15, -0.1) is 0 Å². The minimum Gasteiger partial charge on any atom is -0.478 e. The highest BCUT2D eigenvalue weighted by Crippen LogP contribution is 2.44. The van der Waals surface area contributed by atoms with Gasteiger partial charge in [0, 0.05) is 52.7 Å². The van der Waals surface area contributed by atoms with Crippen LogP contribution in [0, 0.1) is 17.2 Å².